The zero-order valence-corrected chi connectivity index (χ0v) is 13.2. The van der Waals surface area contributed by atoms with Crippen LogP contribution in [0.25, 0.3) is 0 Å². The fourth-order valence-electron chi connectivity index (χ4n) is 2.45. The molecule has 120 valence electrons. The normalized spacial score (nSPS) is 32.4. The van der Waals surface area contributed by atoms with Crippen LogP contribution in [-0.2, 0) is 4.74 Å². The summed E-state index contributed by atoms with van der Waals surface area (Å²) in [5, 5.41) is 22.1. The number of nitrogens with zero attached hydrogens (tertiary/aromatic N) is 1. The van der Waals surface area contributed by atoms with Gasteiger partial charge in [0.15, 0.2) is 11.1 Å². The average Bonchev–Trinajstić information content (AvgIpc) is 2.63. The maximum absolute atomic E-state index is 12.1. The predicted molar refractivity (Wildman–Crippen MR) is 79.9 cm³/mol. The van der Waals surface area contributed by atoms with Crippen molar-refractivity contribution in [2.75, 3.05) is 0 Å². The van der Waals surface area contributed by atoms with E-state index >= 15 is 0 Å². The topological polar surface area (TPSA) is 105 Å². The van der Waals surface area contributed by atoms with Gasteiger partial charge >= 0.3 is 5.69 Å². The van der Waals surface area contributed by atoms with Crippen LogP contribution >= 0.6 is 23.2 Å². The second-order valence-corrected chi connectivity index (χ2v) is 5.89. The van der Waals surface area contributed by atoms with E-state index in [-0.39, 0.29) is 5.69 Å². The zero-order valence-electron chi connectivity index (χ0n) is 11.7. The number of ether oxygens (including phenoxy) is 1. The molecule has 0 aliphatic carbocycles. The van der Waals surface area contributed by atoms with Gasteiger partial charge in [-0.25, -0.2) is 4.79 Å². The predicted octanol–water partition coefficient (Wildman–Crippen LogP) is -0.339. The molecule has 0 radical (unpaired) electrons. The minimum absolute atomic E-state index is 0.263. The van der Waals surface area contributed by atoms with E-state index in [1.54, 1.807) is 0 Å². The lowest BCUT2D eigenvalue weighted by Gasteiger charge is -2.26. The lowest BCUT2D eigenvalue weighted by atomic mass is 9.97. The van der Waals surface area contributed by atoms with Gasteiger partial charge in [-0.2, -0.15) is 0 Å². The highest BCUT2D eigenvalue weighted by molar-refractivity contribution is 6.32. The van der Waals surface area contributed by atoms with E-state index < -0.39 is 40.7 Å². The summed E-state index contributed by atoms with van der Waals surface area (Å²) < 4.78 is 6.60. The summed E-state index contributed by atoms with van der Waals surface area (Å²) in [7, 11) is 0. The van der Waals surface area contributed by atoms with Crippen molar-refractivity contribution < 1.29 is 14.9 Å². The van der Waals surface area contributed by atoms with E-state index in [1.165, 1.54) is 19.9 Å². The number of nitrogens with one attached hydrogen (secondary N) is 1. The Morgan fingerprint density at radius 1 is 1.55 bits per heavy atom. The molecule has 1 aliphatic heterocycles. The van der Waals surface area contributed by atoms with Crippen molar-refractivity contribution in [3.05, 3.63) is 32.6 Å². The Morgan fingerprint density at radius 3 is 2.68 bits per heavy atom. The molecular weight excluding hydrogens is 335 g/mol. The number of hydrogen-bond donors (Lipinski definition) is 3. The smallest absolute Gasteiger partial charge is 0.330 e. The highest BCUT2D eigenvalue weighted by Gasteiger charge is 2.57. The Kier molecular flexibility index (Phi) is 4.70. The van der Waals surface area contributed by atoms with Crippen molar-refractivity contribution >= 4 is 23.2 Å². The summed E-state index contributed by atoms with van der Waals surface area (Å²) in [6, 6.07) is 1.18. The van der Waals surface area contributed by atoms with Crippen molar-refractivity contribution in [3.8, 4) is 11.3 Å². The zero-order chi connectivity index (χ0) is 16.7. The number of H-pyrrole nitrogens is 1. The summed E-state index contributed by atoms with van der Waals surface area (Å²) in [6.45, 7) is 2.91. The summed E-state index contributed by atoms with van der Waals surface area (Å²) in [5.41, 5.74) is -1.08. The lowest BCUT2D eigenvalue weighted by Crippen LogP contribution is -2.45. The molecule has 0 aromatic carbocycles. The van der Waals surface area contributed by atoms with E-state index in [0.29, 0.717) is 0 Å². The Labute approximate surface area is 135 Å². The molecule has 7 nitrogen and oxygen atoms in total. The first-order chi connectivity index (χ1) is 10.2. The van der Waals surface area contributed by atoms with Gasteiger partial charge in [0.25, 0.3) is 5.56 Å². The summed E-state index contributed by atoms with van der Waals surface area (Å²) in [5.74, 6) is 2.42. The van der Waals surface area contributed by atoms with Crippen LogP contribution in [0.2, 0.25) is 0 Å². The SMILES string of the molecule is Cc1cc(=O)[nH]c(=O)n1[C@@H]1O[C@H]([C@H](C)O)C(O)[C@]1(Cl)C#CCl. The molecule has 5 atom stereocenters. The van der Waals surface area contributed by atoms with Crippen molar-refractivity contribution in [2.45, 2.75) is 43.3 Å². The highest BCUT2D eigenvalue weighted by Crippen LogP contribution is 2.44. The fraction of sp³-hybridized carbons (Fsp3) is 0.538. The van der Waals surface area contributed by atoms with Crippen LogP contribution in [0.15, 0.2) is 15.7 Å². The number of alkyl halides is 1. The molecule has 2 rings (SSSR count). The Balaban J connectivity index is 2.64. The van der Waals surface area contributed by atoms with Crippen molar-refractivity contribution in [1.82, 2.24) is 9.55 Å². The minimum Gasteiger partial charge on any atom is -0.391 e. The van der Waals surface area contributed by atoms with E-state index in [4.69, 9.17) is 27.9 Å². The van der Waals surface area contributed by atoms with Crippen LogP contribution in [0, 0.1) is 18.2 Å². The van der Waals surface area contributed by atoms with Gasteiger partial charge in [-0.05, 0) is 25.4 Å². The van der Waals surface area contributed by atoms with E-state index in [2.05, 4.69) is 16.3 Å². The summed E-state index contributed by atoms with van der Waals surface area (Å²) >= 11 is 11.7. The van der Waals surface area contributed by atoms with Crippen molar-refractivity contribution in [3.63, 3.8) is 0 Å². The number of aliphatic hydroxyl groups excluding tert-OH is 2. The maximum atomic E-state index is 12.1. The fourth-order valence-corrected chi connectivity index (χ4v) is 2.98. The quantitative estimate of drug-likeness (QED) is 0.501. The van der Waals surface area contributed by atoms with Crippen LogP contribution in [-0.4, -0.2) is 43.0 Å². The number of halogens is 2. The molecule has 0 saturated carbocycles. The number of aromatic nitrogens is 2. The van der Waals surface area contributed by atoms with E-state index in [9.17, 15) is 19.8 Å². The molecule has 0 amide bonds. The van der Waals surface area contributed by atoms with E-state index in [0.717, 1.165) is 4.57 Å². The third-order valence-corrected chi connectivity index (χ3v) is 4.10. The molecule has 1 unspecified atom stereocenters. The van der Waals surface area contributed by atoms with Gasteiger partial charge in [-0.1, -0.05) is 17.5 Å². The summed E-state index contributed by atoms with van der Waals surface area (Å²) in [6.07, 6.45) is -4.77. The van der Waals surface area contributed by atoms with Crippen LogP contribution in [0.4, 0.5) is 0 Å². The second kappa shape index (κ2) is 6.07. The molecular formula is C13H14Cl2N2O5. The Hall–Kier alpha value is -1.30. The molecule has 22 heavy (non-hydrogen) atoms. The molecule has 1 aromatic rings. The van der Waals surface area contributed by atoms with Gasteiger partial charge in [0, 0.05) is 17.1 Å². The number of aliphatic hydroxyl groups is 2. The van der Waals surface area contributed by atoms with Gasteiger partial charge < -0.3 is 14.9 Å². The molecule has 1 aliphatic rings. The average molecular weight is 349 g/mol. The molecule has 3 N–H and O–H groups in total. The maximum Gasteiger partial charge on any atom is 0.330 e. The standard InChI is InChI=1S/C13H14Cl2N2O5/c1-6-5-8(19)16-12(21)17(6)11-13(15,3-4-14)10(20)9(22-11)7(2)18/h5,7,9-11,18,20H,1-2H3,(H,16,19,21)/t7-,9+,10?,11+,13+/m0/s1. The molecule has 9 heteroatoms. The minimum atomic E-state index is -1.75. The number of hydrogen-bond acceptors (Lipinski definition) is 5. The number of aryl methyl sites for hydroxylation is 1. The van der Waals surface area contributed by atoms with Gasteiger partial charge in [0.05, 0.1) is 6.10 Å². The molecule has 2 heterocycles. The molecule has 1 fully saturated rings. The van der Waals surface area contributed by atoms with Crippen LogP contribution in [0.3, 0.4) is 0 Å². The first kappa shape index (κ1) is 17.1. The summed E-state index contributed by atoms with van der Waals surface area (Å²) in [4.78, 5) is 23.7. The van der Waals surface area contributed by atoms with Gasteiger partial charge in [-0.15, -0.1) is 0 Å². The molecule has 1 saturated heterocycles. The van der Waals surface area contributed by atoms with Gasteiger partial charge in [-0.3, -0.25) is 14.3 Å². The van der Waals surface area contributed by atoms with E-state index in [1.807, 2.05) is 0 Å². The van der Waals surface area contributed by atoms with Gasteiger partial charge in [0.1, 0.15) is 12.2 Å². The van der Waals surface area contributed by atoms with Gasteiger partial charge in [0.2, 0.25) is 0 Å². The first-order valence-corrected chi connectivity index (χ1v) is 7.13. The Morgan fingerprint density at radius 2 is 2.18 bits per heavy atom. The lowest BCUT2D eigenvalue weighted by molar-refractivity contribution is -0.0778. The van der Waals surface area contributed by atoms with Crippen molar-refractivity contribution in [1.29, 1.82) is 0 Å². The first-order valence-electron chi connectivity index (χ1n) is 6.38. The third kappa shape index (κ3) is 2.69. The Bertz CT molecular complexity index is 747. The van der Waals surface area contributed by atoms with Crippen LogP contribution in [0.5, 0.6) is 0 Å². The number of aromatic amines is 1. The number of rotatable bonds is 2. The second-order valence-electron chi connectivity index (χ2n) is 5.08. The third-order valence-electron chi connectivity index (χ3n) is 3.50. The monoisotopic (exact) mass is 348 g/mol. The molecule has 0 spiro atoms. The van der Waals surface area contributed by atoms with Crippen LogP contribution in [0.1, 0.15) is 18.8 Å². The van der Waals surface area contributed by atoms with Crippen LogP contribution < -0.4 is 11.2 Å². The highest BCUT2D eigenvalue weighted by atomic mass is 35.5. The van der Waals surface area contributed by atoms with Crippen molar-refractivity contribution in [2.24, 2.45) is 0 Å². The molecule has 0 bridgehead atoms. The molecule has 1 aromatic heterocycles. The largest absolute Gasteiger partial charge is 0.391 e.